The monoisotopic (exact) mass is 121 g/mol. The molecule has 0 N–H and O–H groups in total. The molecular weight excluding hydrogens is 110 g/mol. The zero-order valence-electron chi connectivity index (χ0n) is 5.89. The van der Waals surface area contributed by atoms with E-state index in [-0.39, 0.29) is 0 Å². The van der Waals surface area contributed by atoms with Gasteiger partial charge < -0.3 is 0 Å². The van der Waals surface area contributed by atoms with Gasteiger partial charge in [-0.2, -0.15) is 0 Å². The van der Waals surface area contributed by atoms with Crippen LogP contribution in [-0.2, 0) is 6.42 Å². The van der Waals surface area contributed by atoms with Crippen LogP contribution in [0, 0.1) is 6.92 Å². The Hall–Kier alpha value is -0.850. The number of aryl methyl sites for hydroxylation is 2. The van der Waals surface area contributed by atoms with Crippen LogP contribution in [0.1, 0.15) is 18.1 Å². The first-order valence-corrected chi connectivity index (χ1v) is 3.23. The summed E-state index contributed by atoms with van der Waals surface area (Å²) in [6.45, 7) is 4.20. The van der Waals surface area contributed by atoms with Gasteiger partial charge in [0.25, 0.3) is 0 Å². The first kappa shape index (κ1) is 6.27. The minimum absolute atomic E-state index is 1.08. The highest BCUT2D eigenvalue weighted by Gasteiger charge is 1.87. The van der Waals surface area contributed by atoms with Crippen LogP contribution in [0.25, 0.3) is 0 Å². The van der Waals surface area contributed by atoms with Crippen LogP contribution >= 0.6 is 0 Å². The molecule has 0 aliphatic rings. The fourth-order valence-corrected chi connectivity index (χ4v) is 0.811. The van der Waals surface area contributed by atoms with Crippen molar-refractivity contribution < 1.29 is 0 Å². The summed E-state index contributed by atoms with van der Waals surface area (Å²) in [5, 5.41) is 0. The summed E-state index contributed by atoms with van der Waals surface area (Å²) in [4.78, 5) is 4.06. The molecule has 1 aromatic heterocycles. The van der Waals surface area contributed by atoms with Crippen LogP contribution in [0.5, 0.6) is 0 Å². The zero-order valence-corrected chi connectivity index (χ0v) is 5.89. The number of nitrogens with zero attached hydrogens (tertiary/aromatic N) is 1. The lowest BCUT2D eigenvalue weighted by molar-refractivity contribution is 1.09. The summed E-state index contributed by atoms with van der Waals surface area (Å²) in [5.74, 6) is 0. The Morgan fingerprint density at radius 2 is 2.22 bits per heavy atom. The molecular formula is C8H11N. The number of hydrogen-bond acceptors (Lipinski definition) is 1. The third kappa shape index (κ3) is 1.53. The average Bonchev–Trinajstić information content (AvgIpc) is 1.88. The molecule has 0 saturated heterocycles. The van der Waals surface area contributed by atoms with Crippen molar-refractivity contribution in [3.8, 4) is 0 Å². The molecule has 0 atom stereocenters. The Labute approximate surface area is 55.7 Å². The van der Waals surface area contributed by atoms with Crippen molar-refractivity contribution in [1.29, 1.82) is 0 Å². The smallest absolute Gasteiger partial charge is 0.0299 e. The molecule has 1 aromatic rings. The van der Waals surface area contributed by atoms with Crippen LogP contribution in [0.2, 0.25) is 0 Å². The van der Waals surface area contributed by atoms with Gasteiger partial charge in [0.05, 0.1) is 0 Å². The van der Waals surface area contributed by atoms with Crippen LogP contribution in [0.3, 0.4) is 0 Å². The van der Waals surface area contributed by atoms with E-state index < -0.39 is 0 Å². The normalized spacial score (nSPS) is 9.56. The lowest BCUT2D eigenvalue weighted by Crippen LogP contribution is -1.82. The fraction of sp³-hybridized carbons (Fsp3) is 0.375. The van der Waals surface area contributed by atoms with Crippen LogP contribution < -0.4 is 0 Å². The molecule has 1 nitrogen and oxygen atoms in total. The maximum absolute atomic E-state index is 4.06. The summed E-state index contributed by atoms with van der Waals surface area (Å²) < 4.78 is 0. The van der Waals surface area contributed by atoms with E-state index >= 15 is 0 Å². The van der Waals surface area contributed by atoms with Gasteiger partial charge in [0.2, 0.25) is 0 Å². The summed E-state index contributed by atoms with van der Waals surface area (Å²) in [6, 6.07) is 2.16. The van der Waals surface area contributed by atoms with Crippen molar-refractivity contribution in [1.82, 2.24) is 4.98 Å². The molecule has 0 radical (unpaired) electrons. The molecule has 48 valence electrons. The highest BCUT2D eigenvalue weighted by atomic mass is 14.6. The molecule has 0 bridgehead atoms. The van der Waals surface area contributed by atoms with Gasteiger partial charge in [-0.05, 0) is 24.5 Å². The predicted molar refractivity (Wildman–Crippen MR) is 38.4 cm³/mol. The van der Waals surface area contributed by atoms with Gasteiger partial charge in [0, 0.05) is 12.4 Å². The van der Waals surface area contributed by atoms with Crippen LogP contribution in [0.4, 0.5) is 0 Å². The second-order valence-corrected chi connectivity index (χ2v) is 2.22. The van der Waals surface area contributed by atoms with Gasteiger partial charge in [0.1, 0.15) is 0 Å². The second-order valence-electron chi connectivity index (χ2n) is 2.22. The Morgan fingerprint density at radius 3 is 2.67 bits per heavy atom. The fourth-order valence-electron chi connectivity index (χ4n) is 0.811. The summed E-state index contributed by atoms with van der Waals surface area (Å²) >= 11 is 0. The molecule has 0 saturated carbocycles. The first-order valence-electron chi connectivity index (χ1n) is 3.23. The third-order valence-corrected chi connectivity index (χ3v) is 1.34. The first-order chi connectivity index (χ1) is 4.33. The Morgan fingerprint density at radius 1 is 1.44 bits per heavy atom. The van der Waals surface area contributed by atoms with E-state index in [0.29, 0.717) is 0 Å². The molecule has 0 spiro atoms. The molecule has 0 aliphatic heterocycles. The molecule has 0 aromatic carbocycles. The molecule has 1 rings (SSSR count). The van der Waals surface area contributed by atoms with Gasteiger partial charge in [-0.1, -0.05) is 13.0 Å². The maximum Gasteiger partial charge on any atom is 0.0299 e. The van der Waals surface area contributed by atoms with Gasteiger partial charge in [-0.3, -0.25) is 4.98 Å². The number of pyridine rings is 1. The van der Waals surface area contributed by atoms with E-state index in [2.05, 4.69) is 24.9 Å². The van der Waals surface area contributed by atoms with Gasteiger partial charge >= 0.3 is 0 Å². The number of hydrogen-bond donors (Lipinski definition) is 0. The lowest BCUT2D eigenvalue weighted by atomic mass is 10.2. The average molecular weight is 121 g/mol. The van der Waals surface area contributed by atoms with Crippen molar-refractivity contribution in [2.24, 2.45) is 0 Å². The molecule has 0 unspecified atom stereocenters. The SMILES string of the molecule is CCc1cncc(C)c1. The van der Waals surface area contributed by atoms with Crippen LogP contribution in [-0.4, -0.2) is 4.98 Å². The molecule has 0 fully saturated rings. The number of rotatable bonds is 1. The van der Waals surface area contributed by atoms with Crippen molar-refractivity contribution in [3.05, 3.63) is 29.6 Å². The Balaban J connectivity index is 2.94. The van der Waals surface area contributed by atoms with E-state index in [1.807, 2.05) is 12.4 Å². The third-order valence-electron chi connectivity index (χ3n) is 1.34. The quantitative estimate of drug-likeness (QED) is 0.553. The summed E-state index contributed by atoms with van der Waals surface area (Å²) in [7, 11) is 0. The largest absolute Gasteiger partial charge is 0.264 e. The van der Waals surface area contributed by atoms with Crippen molar-refractivity contribution in [2.45, 2.75) is 20.3 Å². The predicted octanol–water partition coefficient (Wildman–Crippen LogP) is 1.95. The topological polar surface area (TPSA) is 12.9 Å². The van der Waals surface area contributed by atoms with Crippen molar-refractivity contribution in [2.75, 3.05) is 0 Å². The van der Waals surface area contributed by atoms with Crippen LogP contribution in [0.15, 0.2) is 18.5 Å². The molecule has 1 heterocycles. The van der Waals surface area contributed by atoms with E-state index in [0.717, 1.165) is 6.42 Å². The van der Waals surface area contributed by atoms with E-state index in [4.69, 9.17) is 0 Å². The summed E-state index contributed by atoms with van der Waals surface area (Å²) in [5.41, 5.74) is 2.56. The Bertz CT molecular complexity index is 194. The van der Waals surface area contributed by atoms with Crippen molar-refractivity contribution >= 4 is 0 Å². The van der Waals surface area contributed by atoms with Gasteiger partial charge in [-0.25, -0.2) is 0 Å². The lowest BCUT2D eigenvalue weighted by Gasteiger charge is -1.94. The molecule has 0 amide bonds. The molecule has 0 aliphatic carbocycles. The van der Waals surface area contributed by atoms with E-state index in [1.165, 1.54) is 11.1 Å². The highest BCUT2D eigenvalue weighted by molar-refractivity contribution is 5.15. The minimum Gasteiger partial charge on any atom is -0.264 e. The standard InChI is InChI=1S/C8H11N/c1-3-8-4-7(2)5-9-6-8/h4-6H,3H2,1-2H3. The highest BCUT2D eigenvalue weighted by Crippen LogP contribution is 2.00. The second kappa shape index (κ2) is 2.62. The zero-order chi connectivity index (χ0) is 6.69. The molecule has 1 heteroatoms. The van der Waals surface area contributed by atoms with Gasteiger partial charge in [-0.15, -0.1) is 0 Å². The van der Waals surface area contributed by atoms with E-state index in [1.54, 1.807) is 0 Å². The van der Waals surface area contributed by atoms with Crippen molar-refractivity contribution in [3.63, 3.8) is 0 Å². The molecule has 9 heavy (non-hydrogen) atoms. The maximum atomic E-state index is 4.06. The minimum atomic E-state index is 1.08. The van der Waals surface area contributed by atoms with E-state index in [9.17, 15) is 0 Å². The van der Waals surface area contributed by atoms with Gasteiger partial charge in [0.15, 0.2) is 0 Å². The number of aromatic nitrogens is 1. The summed E-state index contributed by atoms with van der Waals surface area (Å²) in [6.07, 6.45) is 4.86. The Kier molecular flexibility index (Phi) is 1.83.